The fourth-order valence-corrected chi connectivity index (χ4v) is 4.02. The van der Waals surface area contributed by atoms with E-state index in [4.69, 9.17) is 5.73 Å². The topological polar surface area (TPSA) is 171 Å². The van der Waals surface area contributed by atoms with Gasteiger partial charge in [-0.1, -0.05) is 20.3 Å². The zero-order valence-electron chi connectivity index (χ0n) is 18.1. The summed E-state index contributed by atoms with van der Waals surface area (Å²) >= 11 is 0. The summed E-state index contributed by atoms with van der Waals surface area (Å²) in [6, 6.07) is -3.54. The van der Waals surface area contributed by atoms with Gasteiger partial charge in [0.1, 0.15) is 18.1 Å². The Morgan fingerprint density at radius 3 is 2.39 bits per heavy atom. The van der Waals surface area contributed by atoms with E-state index in [9.17, 15) is 29.1 Å². The van der Waals surface area contributed by atoms with Crippen LogP contribution < -0.4 is 21.7 Å². The number of hydrogen-bond donors (Lipinski definition) is 5. The van der Waals surface area contributed by atoms with Crippen LogP contribution in [0.4, 0.5) is 0 Å². The molecule has 6 N–H and O–H groups in total. The van der Waals surface area contributed by atoms with Crippen molar-refractivity contribution in [1.82, 2.24) is 20.9 Å². The van der Waals surface area contributed by atoms with Gasteiger partial charge in [-0.2, -0.15) is 0 Å². The van der Waals surface area contributed by atoms with E-state index in [0.717, 1.165) is 6.42 Å². The molecule has 0 spiro atoms. The van der Waals surface area contributed by atoms with Crippen LogP contribution >= 0.6 is 0 Å². The number of carbonyl (C=O) groups is 5. The SMILES string of the molecule is CCC(C)C(NC(=O)C1CCCN1C(=O)C(CC(N)=O)NC(=O)C1CCCN1)C(=O)O. The standard InChI is InChI=1S/C20H33N5O6/c1-3-11(2)16(20(30)31)24-18(28)14-7-5-9-25(14)19(29)13(10-15(21)26)23-17(27)12-6-4-8-22-12/h11-14,16,22H,3-10H2,1-2H3,(H2,21,26)(H,23,27)(H,24,28)(H,30,31). The molecule has 2 aliphatic rings. The largest absolute Gasteiger partial charge is 0.480 e. The third-order valence-electron chi connectivity index (χ3n) is 6.01. The Hall–Kier alpha value is -2.69. The molecule has 11 nitrogen and oxygen atoms in total. The molecular formula is C20H33N5O6. The smallest absolute Gasteiger partial charge is 0.326 e. The van der Waals surface area contributed by atoms with E-state index in [1.165, 1.54) is 4.90 Å². The van der Waals surface area contributed by atoms with Gasteiger partial charge in [-0.25, -0.2) is 4.79 Å². The highest BCUT2D eigenvalue weighted by molar-refractivity contribution is 5.96. The van der Waals surface area contributed by atoms with Gasteiger partial charge in [0, 0.05) is 6.54 Å². The minimum absolute atomic E-state index is 0.269. The normalized spacial score (nSPS) is 23.6. The van der Waals surface area contributed by atoms with Crippen LogP contribution in [-0.4, -0.2) is 76.9 Å². The first-order chi connectivity index (χ1) is 14.6. The Morgan fingerprint density at radius 2 is 1.84 bits per heavy atom. The van der Waals surface area contributed by atoms with Gasteiger partial charge in [0.2, 0.25) is 23.6 Å². The summed E-state index contributed by atoms with van der Waals surface area (Å²) in [5, 5.41) is 17.6. The molecule has 174 valence electrons. The summed E-state index contributed by atoms with van der Waals surface area (Å²) in [6.07, 6.45) is 2.56. The first-order valence-electron chi connectivity index (χ1n) is 10.8. The van der Waals surface area contributed by atoms with E-state index >= 15 is 0 Å². The van der Waals surface area contributed by atoms with Gasteiger partial charge in [-0.05, 0) is 38.1 Å². The number of carboxylic acids is 1. The summed E-state index contributed by atoms with van der Waals surface area (Å²) < 4.78 is 0. The molecule has 2 aliphatic heterocycles. The molecule has 0 saturated carbocycles. The maximum absolute atomic E-state index is 13.1. The van der Waals surface area contributed by atoms with Gasteiger partial charge in [0.05, 0.1) is 12.5 Å². The van der Waals surface area contributed by atoms with Crippen LogP contribution in [0.25, 0.3) is 0 Å². The molecule has 2 saturated heterocycles. The van der Waals surface area contributed by atoms with Crippen molar-refractivity contribution >= 4 is 29.6 Å². The molecule has 2 heterocycles. The Morgan fingerprint density at radius 1 is 1.13 bits per heavy atom. The van der Waals surface area contributed by atoms with Crippen LogP contribution in [0.2, 0.25) is 0 Å². The Balaban J connectivity index is 2.11. The highest BCUT2D eigenvalue weighted by Crippen LogP contribution is 2.20. The number of nitrogens with two attached hydrogens (primary N) is 1. The Kier molecular flexibility index (Phi) is 8.78. The number of nitrogens with one attached hydrogen (secondary N) is 3. The van der Waals surface area contributed by atoms with Crippen LogP contribution in [0, 0.1) is 5.92 Å². The number of carbonyl (C=O) groups excluding carboxylic acids is 4. The van der Waals surface area contributed by atoms with Crippen LogP contribution in [0.5, 0.6) is 0 Å². The van der Waals surface area contributed by atoms with Crippen molar-refractivity contribution in [2.45, 2.75) is 76.5 Å². The molecule has 0 aromatic carbocycles. The van der Waals surface area contributed by atoms with E-state index in [0.29, 0.717) is 32.2 Å². The zero-order valence-corrected chi connectivity index (χ0v) is 18.1. The number of amides is 4. The first-order valence-corrected chi connectivity index (χ1v) is 10.8. The molecule has 31 heavy (non-hydrogen) atoms. The second-order valence-electron chi connectivity index (χ2n) is 8.28. The second kappa shape index (κ2) is 11.1. The lowest BCUT2D eigenvalue weighted by Gasteiger charge is -2.30. The molecule has 11 heteroatoms. The van der Waals surface area contributed by atoms with Crippen LogP contribution in [0.1, 0.15) is 52.4 Å². The highest BCUT2D eigenvalue weighted by atomic mass is 16.4. The number of likely N-dealkylation sites (tertiary alicyclic amines) is 1. The van der Waals surface area contributed by atoms with Gasteiger partial charge in [0.25, 0.3) is 0 Å². The van der Waals surface area contributed by atoms with E-state index < -0.39 is 47.9 Å². The van der Waals surface area contributed by atoms with Crippen molar-refractivity contribution in [1.29, 1.82) is 0 Å². The number of aliphatic carboxylic acids is 1. The molecular weight excluding hydrogens is 406 g/mol. The molecule has 4 amide bonds. The van der Waals surface area contributed by atoms with E-state index in [2.05, 4.69) is 16.0 Å². The molecule has 0 radical (unpaired) electrons. The van der Waals surface area contributed by atoms with Crippen LogP contribution in [0.15, 0.2) is 0 Å². The second-order valence-corrected chi connectivity index (χ2v) is 8.28. The quantitative estimate of drug-likeness (QED) is 0.282. The van der Waals surface area contributed by atoms with Gasteiger partial charge in [-0.3, -0.25) is 19.2 Å². The number of nitrogens with zero attached hydrogens (tertiary/aromatic N) is 1. The van der Waals surface area contributed by atoms with Crippen molar-refractivity contribution in [3.05, 3.63) is 0 Å². The minimum Gasteiger partial charge on any atom is -0.480 e. The third-order valence-corrected chi connectivity index (χ3v) is 6.01. The molecule has 2 rings (SSSR count). The summed E-state index contributed by atoms with van der Waals surface area (Å²) in [4.78, 5) is 62.8. The van der Waals surface area contributed by atoms with Crippen molar-refractivity contribution in [3.63, 3.8) is 0 Å². The minimum atomic E-state index is -1.18. The predicted octanol–water partition coefficient (Wildman–Crippen LogP) is -1.29. The lowest BCUT2D eigenvalue weighted by molar-refractivity contribution is -0.146. The van der Waals surface area contributed by atoms with Gasteiger partial charge in [-0.15, -0.1) is 0 Å². The molecule has 0 aromatic heterocycles. The number of primary amides is 1. The number of hydrogen-bond acceptors (Lipinski definition) is 6. The third kappa shape index (κ3) is 6.39. The fraction of sp³-hybridized carbons (Fsp3) is 0.750. The molecule has 5 unspecified atom stereocenters. The zero-order chi connectivity index (χ0) is 23.1. The van der Waals surface area contributed by atoms with Gasteiger partial charge >= 0.3 is 5.97 Å². The number of rotatable bonds is 10. The maximum atomic E-state index is 13.1. The highest BCUT2D eigenvalue weighted by Gasteiger charge is 2.40. The van der Waals surface area contributed by atoms with Crippen molar-refractivity contribution in [2.24, 2.45) is 11.7 Å². The van der Waals surface area contributed by atoms with E-state index in [1.54, 1.807) is 6.92 Å². The van der Waals surface area contributed by atoms with Crippen LogP contribution in [-0.2, 0) is 24.0 Å². The fourth-order valence-electron chi connectivity index (χ4n) is 4.02. The monoisotopic (exact) mass is 439 g/mol. The lowest BCUT2D eigenvalue weighted by atomic mass is 9.98. The molecule has 5 atom stereocenters. The van der Waals surface area contributed by atoms with Crippen molar-refractivity contribution < 1.29 is 29.1 Å². The summed E-state index contributed by atoms with van der Waals surface area (Å²) in [6.45, 7) is 4.52. The molecule has 2 fully saturated rings. The summed E-state index contributed by atoms with van der Waals surface area (Å²) in [7, 11) is 0. The van der Waals surface area contributed by atoms with Crippen LogP contribution in [0.3, 0.4) is 0 Å². The molecule has 0 aromatic rings. The average molecular weight is 440 g/mol. The number of carboxylic acid groups (broad SMARTS) is 1. The average Bonchev–Trinajstić information content (AvgIpc) is 3.41. The van der Waals surface area contributed by atoms with Crippen molar-refractivity contribution in [3.8, 4) is 0 Å². The van der Waals surface area contributed by atoms with E-state index in [1.807, 2.05) is 6.92 Å². The Labute approximate surface area is 181 Å². The molecule has 0 bridgehead atoms. The molecule has 0 aliphatic carbocycles. The summed E-state index contributed by atoms with van der Waals surface area (Å²) in [5.41, 5.74) is 5.28. The first kappa shape index (κ1) is 24.6. The summed E-state index contributed by atoms with van der Waals surface area (Å²) in [5.74, 6) is -3.69. The maximum Gasteiger partial charge on any atom is 0.326 e. The van der Waals surface area contributed by atoms with Gasteiger partial charge in [0.15, 0.2) is 0 Å². The van der Waals surface area contributed by atoms with Crippen molar-refractivity contribution in [2.75, 3.05) is 13.1 Å². The Bertz CT molecular complexity index is 708. The predicted molar refractivity (Wildman–Crippen MR) is 111 cm³/mol. The lowest BCUT2D eigenvalue weighted by Crippen LogP contribution is -2.57. The van der Waals surface area contributed by atoms with E-state index in [-0.39, 0.29) is 24.8 Å². The van der Waals surface area contributed by atoms with Gasteiger partial charge < -0.3 is 31.7 Å².